The molecule has 1 aromatic heterocycles. The van der Waals surface area contributed by atoms with Crippen LogP contribution in [0.5, 0.6) is 0 Å². The number of halogens is 1. The minimum absolute atomic E-state index is 0. The highest BCUT2D eigenvalue weighted by Crippen LogP contribution is 2.24. The summed E-state index contributed by atoms with van der Waals surface area (Å²) in [5.74, 6) is 2.16. The van der Waals surface area contributed by atoms with Crippen LogP contribution in [0.4, 0.5) is 0 Å². The van der Waals surface area contributed by atoms with E-state index in [0.29, 0.717) is 0 Å². The van der Waals surface area contributed by atoms with Gasteiger partial charge in [-0.15, -0.1) is 24.0 Å². The fourth-order valence-corrected chi connectivity index (χ4v) is 3.71. The Bertz CT molecular complexity index is 794. The van der Waals surface area contributed by atoms with E-state index in [0.717, 1.165) is 50.0 Å². The molecule has 0 radical (unpaired) electrons. The van der Waals surface area contributed by atoms with E-state index in [1.165, 1.54) is 16.7 Å². The maximum atomic E-state index is 5.31. The summed E-state index contributed by atoms with van der Waals surface area (Å²) in [6, 6.07) is 10.6. The van der Waals surface area contributed by atoms with Crippen molar-refractivity contribution in [2.24, 2.45) is 4.99 Å². The van der Waals surface area contributed by atoms with Crippen LogP contribution < -0.4 is 5.32 Å². The van der Waals surface area contributed by atoms with Crippen molar-refractivity contribution in [3.8, 4) is 0 Å². The molecule has 1 atom stereocenters. The molecule has 0 saturated heterocycles. The number of nitrogens with one attached hydrogen (secondary N) is 1. The molecule has 3 rings (SSSR count). The van der Waals surface area contributed by atoms with Crippen molar-refractivity contribution in [3.63, 3.8) is 0 Å². The average Bonchev–Trinajstić information content (AvgIpc) is 3.04. The summed E-state index contributed by atoms with van der Waals surface area (Å²) in [4.78, 5) is 7.24. The van der Waals surface area contributed by atoms with Crippen LogP contribution in [-0.4, -0.2) is 42.2 Å². The Kier molecular flexibility index (Phi) is 8.54. The van der Waals surface area contributed by atoms with Gasteiger partial charge in [0.1, 0.15) is 5.76 Å². The van der Waals surface area contributed by atoms with Gasteiger partial charge >= 0.3 is 0 Å². The van der Waals surface area contributed by atoms with Gasteiger partial charge in [-0.1, -0.05) is 48.5 Å². The summed E-state index contributed by atoms with van der Waals surface area (Å²) in [5.41, 5.74) is 4.89. The maximum absolute atomic E-state index is 5.31. The molecule has 1 aliphatic rings. The number of rotatable bonds is 5. The first-order valence-corrected chi connectivity index (χ1v) is 9.80. The molecule has 0 amide bonds. The third kappa shape index (κ3) is 5.37. The minimum atomic E-state index is 0. The van der Waals surface area contributed by atoms with Crippen LogP contribution >= 0.6 is 24.0 Å². The third-order valence-electron chi connectivity index (χ3n) is 5.08. The lowest BCUT2D eigenvalue weighted by atomic mass is 9.99. The largest absolute Gasteiger partial charge is 0.361 e. The van der Waals surface area contributed by atoms with Crippen molar-refractivity contribution in [2.45, 2.75) is 40.0 Å². The van der Waals surface area contributed by atoms with Gasteiger partial charge in [0.25, 0.3) is 0 Å². The molecule has 1 N–H and O–H groups in total. The van der Waals surface area contributed by atoms with Crippen LogP contribution in [0.3, 0.4) is 0 Å². The molecule has 0 aliphatic carbocycles. The van der Waals surface area contributed by atoms with Crippen molar-refractivity contribution in [2.75, 3.05) is 26.2 Å². The summed E-state index contributed by atoms with van der Waals surface area (Å²) in [7, 11) is 0. The molecule has 0 bridgehead atoms. The van der Waals surface area contributed by atoms with Crippen LogP contribution in [0, 0.1) is 13.8 Å². The van der Waals surface area contributed by atoms with E-state index in [2.05, 4.69) is 65.6 Å². The Morgan fingerprint density at radius 3 is 2.61 bits per heavy atom. The number of aromatic nitrogens is 1. The molecule has 6 heteroatoms. The van der Waals surface area contributed by atoms with E-state index < -0.39 is 0 Å². The first-order valence-electron chi connectivity index (χ1n) is 9.80. The number of hydrogen-bond donors (Lipinski definition) is 1. The van der Waals surface area contributed by atoms with Gasteiger partial charge in [0.15, 0.2) is 5.96 Å². The molecule has 1 aromatic carbocycles. The lowest BCUT2D eigenvalue weighted by molar-refractivity contribution is 0.391. The quantitative estimate of drug-likeness (QED) is 0.370. The number of nitrogens with zero attached hydrogens (tertiary/aromatic N) is 3. The molecule has 0 fully saturated rings. The van der Waals surface area contributed by atoms with Gasteiger partial charge in [-0.2, -0.15) is 0 Å². The zero-order valence-corrected chi connectivity index (χ0v) is 19.6. The Morgan fingerprint density at radius 1 is 1.29 bits per heavy atom. The number of aryl methyl sites for hydroxylation is 2. The fourth-order valence-electron chi connectivity index (χ4n) is 3.71. The van der Waals surface area contributed by atoms with E-state index in [9.17, 15) is 0 Å². The highest BCUT2D eigenvalue weighted by Gasteiger charge is 2.19. The van der Waals surface area contributed by atoms with Crippen LogP contribution in [0.25, 0.3) is 5.57 Å². The van der Waals surface area contributed by atoms with Crippen molar-refractivity contribution in [1.82, 2.24) is 15.4 Å². The third-order valence-corrected chi connectivity index (χ3v) is 5.08. The summed E-state index contributed by atoms with van der Waals surface area (Å²) < 4.78 is 5.31. The molecular weight excluding hydrogens is 463 g/mol. The van der Waals surface area contributed by atoms with Crippen molar-refractivity contribution in [1.29, 1.82) is 0 Å². The van der Waals surface area contributed by atoms with Crippen molar-refractivity contribution < 1.29 is 4.52 Å². The maximum Gasteiger partial charge on any atom is 0.194 e. The van der Waals surface area contributed by atoms with Crippen LogP contribution in [-0.2, 0) is 0 Å². The normalized spacial score (nSPS) is 15.6. The zero-order chi connectivity index (χ0) is 19.2. The highest BCUT2D eigenvalue weighted by molar-refractivity contribution is 14.0. The lowest BCUT2D eigenvalue weighted by Gasteiger charge is -2.30. The van der Waals surface area contributed by atoms with Gasteiger partial charge in [-0.05, 0) is 38.3 Å². The minimum Gasteiger partial charge on any atom is -0.361 e. The van der Waals surface area contributed by atoms with Gasteiger partial charge < -0.3 is 14.7 Å². The van der Waals surface area contributed by atoms with E-state index in [4.69, 9.17) is 9.52 Å². The monoisotopic (exact) mass is 494 g/mol. The molecule has 5 nitrogen and oxygen atoms in total. The topological polar surface area (TPSA) is 53.7 Å². The molecule has 152 valence electrons. The van der Waals surface area contributed by atoms with Gasteiger partial charge in [0.05, 0.1) is 5.69 Å². The first kappa shape index (κ1) is 22.5. The zero-order valence-electron chi connectivity index (χ0n) is 17.2. The SMILES string of the molecule is CCNC(=NCC(C)c1c(C)noc1C)N1CC=C(c2ccccc2)CC1.I. The summed E-state index contributed by atoms with van der Waals surface area (Å²) >= 11 is 0. The molecule has 1 aliphatic heterocycles. The smallest absolute Gasteiger partial charge is 0.194 e. The second-order valence-electron chi connectivity index (χ2n) is 7.12. The Balaban J connectivity index is 0.00000280. The van der Waals surface area contributed by atoms with Gasteiger partial charge in [0.2, 0.25) is 0 Å². The lowest BCUT2D eigenvalue weighted by Crippen LogP contribution is -2.43. The van der Waals surface area contributed by atoms with Gasteiger partial charge in [-0.25, -0.2) is 0 Å². The molecule has 28 heavy (non-hydrogen) atoms. The Morgan fingerprint density at radius 2 is 2.04 bits per heavy atom. The standard InChI is InChI=1S/C22H30N4O.HI/c1-5-23-22(24-15-16(2)21-17(3)25-27-18(21)4)26-13-11-20(12-14-26)19-9-7-6-8-10-19;/h6-11,16H,5,12-15H2,1-4H3,(H,23,24);1H. The predicted molar refractivity (Wildman–Crippen MR) is 126 cm³/mol. The summed E-state index contributed by atoms with van der Waals surface area (Å²) in [6.07, 6.45) is 3.36. The molecular formula is C22H31IN4O. The van der Waals surface area contributed by atoms with E-state index in [1.807, 2.05) is 13.8 Å². The summed E-state index contributed by atoms with van der Waals surface area (Å²) in [5, 5.41) is 7.51. The number of benzene rings is 1. The van der Waals surface area contributed by atoms with Gasteiger partial charge in [-0.3, -0.25) is 4.99 Å². The van der Waals surface area contributed by atoms with Crippen LogP contribution in [0.15, 0.2) is 45.9 Å². The second kappa shape index (κ2) is 10.6. The predicted octanol–water partition coefficient (Wildman–Crippen LogP) is 4.77. The van der Waals surface area contributed by atoms with Crippen molar-refractivity contribution in [3.05, 3.63) is 59.0 Å². The molecule has 0 saturated carbocycles. The Labute approximate surface area is 185 Å². The van der Waals surface area contributed by atoms with Crippen LogP contribution in [0.2, 0.25) is 0 Å². The highest BCUT2D eigenvalue weighted by atomic mass is 127. The number of hydrogen-bond acceptors (Lipinski definition) is 3. The molecule has 1 unspecified atom stereocenters. The fraction of sp³-hybridized carbons (Fsp3) is 0.455. The molecule has 2 aromatic rings. The van der Waals surface area contributed by atoms with Crippen molar-refractivity contribution >= 4 is 35.5 Å². The van der Waals surface area contributed by atoms with E-state index in [1.54, 1.807) is 0 Å². The number of guanidine groups is 1. The second-order valence-corrected chi connectivity index (χ2v) is 7.12. The van der Waals surface area contributed by atoms with E-state index >= 15 is 0 Å². The van der Waals surface area contributed by atoms with Gasteiger partial charge in [0, 0.05) is 37.7 Å². The first-order chi connectivity index (χ1) is 13.1. The van der Waals surface area contributed by atoms with Crippen LogP contribution in [0.1, 0.15) is 48.8 Å². The molecule has 0 spiro atoms. The Hall–Kier alpha value is -1.83. The van der Waals surface area contributed by atoms with E-state index in [-0.39, 0.29) is 29.9 Å². The molecule has 2 heterocycles. The summed E-state index contributed by atoms with van der Waals surface area (Å²) in [6.45, 7) is 11.7. The number of aliphatic imine (C=N–C) groups is 1. The average molecular weight is 494 g/mol.